The molecule has 11 rings (SSSR count). The number of rotatable bonds is 16. The molecule has 8 aromatic heterocycles. The Kier molecular flexibility index (Phi) is 11.5. The molecule has 0 radical (unpaired) electrons. The number of fused-ring (bicyclic) bond motifs is 7. The maximum absolute atomic E-state index is 5.20. The predicted molar refractivity (Wildman–Crippen MR) is 279 cm³/mol. The van der Waals surface area contributed by atoms with E-state index in [9.17, 15) is 0 Å². The van der Waals surface area contributed by atoms with Crippen LogP contribution in [-0.4, -0.2) is 35.5 Å². The number of unbranched alkanes of at least 4 members (excludes halogenated alkanes) is 2. The molecule has 0 N–H and O–H groups in total. The van der Waals surface area contributed by atoms with Crippen LogP contribution in [0.3, 0.4) is 0 Å². The van der Waals surface area contributed by atoms with Gasteiger partial charge in [-0.15, -0.1) is 45.3 Å². The maximum atomic E-state index is 5.20. The lowest BCUT2D eigenvalue weighted by Gasteiger charge is -2.35. The predicted octanol–water partition coefficient (Wildman–Crippen LogP) is 15.7. The molecule has 0 aliphatic carbocycles. The van der Waals surface area contributed by atoms with Gasteiger partial charge in [-0.05, 0) is 81.5 Å². The number of pyridine rings is 2. The molecular weight excluding hydrogens is 905 g/mol. The van der Waals surface area contributed by atoms with Crippen LogP contribution >= 0.6 is 68.8 Å². The quantitative estimate of drug-likeness (QED) is 0.0898. The van der Waals surface area contributed by atoms with E-state index in [4.69, 9.17) is 27.5 Å². The van der Waals surface area contributed by atoms with Gasteiger partial charge in [0, 0.05) is 52.4 Å². The summed E-state index contributed by atoms with van der Waals surface area (Å²) in [7, 11) is -2.32. The molecule has 10 aromatic rings. The van der Waals surface area contributed by atoms with Crippen molar-refractivity contribution >= 4 is 129 Å². The molecule has 0 bridgehead atoms. The summed E-state index contributed by atoms with van der Waals surface area (Å²) in [6, 6.07) is 29.5. The van der Waals surface area contributed by atoms with Gasteiger partial charge >= 0.3 is 0 Å². The fourth-order valence-electron chi connectivity index (χ4n) is 10.1. The summed E-state index contributed by atoms with van der Waals surface area (Å²) in [6.07, 6.45) is 14.3. The van der Waals surface area contributed by atoms with E-state index in [1.165, 1.54) is 127 Å². The van der Waals surface area contributed by atoms with Gasteiger partial charge in [0.15, 0.2) is 0 Å². The summed E-state index contributed by atoms with van der Waals surface area (Å²) in [5.74, 6) is 1.39. The van der Waals surface area contributed by atoms with Crippen LogP contribution in [0.2, 0.25) is 12.1 Å². The molecule has 0 fully saturated rings. The highest BCUT2D eigenvalue weighted by Crippen LogP contribution is 2.51. The van der Waals surface area contributed by atoms with E-state index >= 15 is 0 Å². The zero-order valence-electron chi connectivity index (χ0n) is 35.9. The molecule has 2 aromatic carbocycles. The average Bonchev–Trinajstić information content (AvgIpc) is 4.17. The molecule has 1 aliphatic heterocycles. The molecule has 0 spiro atoms. The van der Waals surface area contributed by atoms with Gasteiger partial charge in [0.25, 0.3) is 0 Å². The smallest absolute Gasteiger partial charge is 0.132 e. The van der Waals surface area contributed by atoms with Crippen molar-refractivity contribution < 1.29 is 0 Å². The number of aromatic nitrogens is 6. The molecule has 9 heterocycles. The van der Waals surface area contributed by atoms with E-state index in [2.05, 4.69) is 113 Å². The highest BCUT2D eigenvalue weighted by atomic mass is 32.1. The van der Waals surface area contributed by atoms with Crippen molar-refractivity contribution in [1.29, 1.82) is 0 Å². The Labute approximate surface area is 393 Å². The van der Waals surface area contributed by atoms with E-state index in [0.29, 0.717) is 11.8 Å². The second-order valence-electron chi connectivity index (χ2n) is 17.3. The Morgan fingerprint density at radius 2 is 0.952 bits per heavy atom. The summed E-state index contributed by atoms with van der Waals surface area (Å²) < 4.78 is 22.3. The second-order valence-corrected chi connectivity index (χ2v) is 26.7. The Bertz CT molecular complexity index is 2980. The molecule has 2 unspecified atom stereocenters. The lowest BCUT2D eigenvalue weighted by molar-refractivity contribution is 0.469. The molecule has 0 amide bonds. The zero-order chi connectivity index (χ0) is 42.7. The van der Waals surface area contributed by atoms with E-state index in [-0.39, 0.29) is 0 Å². The summed E-state index contributed by atoms with van der Waals surface area (Å²) >= 11 is 10.1. The highest BCUT2D eigenvalue weighted by Gasteiger charge is 2.50. The van der Waals surface area contributed by atoms with Gasteiger partial charge in [0.2, 0.25) is 0 Å². The number of thiophene rings is 4. The minimum absolute atomic E-state index is 0.694. The summed E-state index contributed by atoms with van der Waals surface area (Å²) in [5, 5.41) is 5.79. The van der Waals surface area contributed by atoms with Crippen LogP contribution in [0.15, 0.2) is 85.2 Å². The van der Waals surface area contributed by atoms with Crippen molar-refractivity contribution in [3.8, 4) is 51.8 Å². The lowest BCUT2D eigenvalue weighted by Crippen LogP contribution is -2.56. The van der Waals surface area contributed by atoms with E-state index in [0.717, 1.165) is 54.3 Å². The molecule has 0 saturated carbocycles. The van der Waals surface area contributed by atoms with Gasteiger partial charge < -0.3 is 0 Å². The third-order valence-corrected chi connectivity index (χ3v) is 25.1. The third-order valence-electron chi connectivity index (χ3n) is 13.5. The largest absolute Gasteiger partial charge is 0.252 e. The first-order valence-corrected chi connectivity index (χ1v) is 29.6. The fraction of sp³-hybridized carbons (Fsp3) is 0.320. The first-order chi connectivity index (χ1) is 31.0. The van der Waals surface area contributed by atoms with E-state index < -0.39 is 8.07 Å². The monoisotopic (exact) mass is 952 g/mol. The van der Waals surface area contributed by atoms with E-state index in [1.807, 2.05) is 22.7 Å². The minimum Gasteiger partial charge on any atom is -0.252 e. The zero-order valence-corrected chi connectivity index (χ0v) is 41.8. The van der Waals surface area contributed by atoms with Crippen molar-refractivity contribution in [1.82, 2.24) is 27.5 Å². The summed E-state index contributed by atoms with van der Waals surface area (Å²) in [5.41, 5.74) is 7.82. The Morgan fingerprint density at radius 3 is 1.38 bits per heavy atom. The van der Waals surface area contributed by atoms with Gasteiger partial charge in [-0.3, -0.25) is 9.97 Å². The van der Waals surface area contributed by atoms with Crippen molar-refractivity contribution in [2.45, 2.75) is 91.1 Å². The van der Waals surface area contributed by atoms with Crippen LogP contribution in [0.25, 0.3) is 94.0 Å². The van der Waals surface area contributed by atoms with Crippen LogP contribution in [0, 0.1) is 11.8 Å². The first kappa shape index (κ1) is 41.6. The lowest BCUT2D eigenvalue weighted by atomic mass is 10.0. The number of hydrogen-bond donors (Lipinski definition) is 0. The molecule has 1 aliphatic rings. The molecule has 63 heavy (non-hydrogen) atoms. The Balaban J connectivity index is 1.08. The maximum Gasteiger partial charge on any atom is 0.132 e. The Hall–Kier alpha value is -4.08. The third kappa shape index (κ3) is 7.26. The summed E-state index contributed by atoms with van der Waals surface area (Å²) in [4.78, 5) is 18.2. The Morgan fingerprint density at radius 1 is 0.508 bits per heavy atom. The van der Waals surface area contributed by atoms with E-state index in [1.54, 1.807) is 33.0 Å². The SMILES string of the molecule is CCCCC(CC)C[Si]1(CC(CC)CCCC)c2cc(-c3cnc(-c4cc5ccccc5s4)c4nsnc34)sc2-c2sc(-c3cnc(-c4cc5ccccc5s4)c4nsnc34)cc21. The van der Waals surface area contributed by atoms with Crippen LogP contribution in [0.1, 0.15) is 79.1 Å². The molecule has 2 atom stereocenters. The van der Waals surface area contributed by atoms with Crippen LogP contribution < -0.4 is 10.4 Å². The molecule has 0 saturated heterocycles. The van der Waals surface area contributed by atoms with Gasteiger partial charge in [-0.1, -0.05) is 115 Å². The number of nitrogens with zero attached hydrogens (tertiary/aromatic N) is 6. The van der Waals surface area contributed by atoms with Gasteiger partial charge in [-0.2, -0.15) is 17.5 Å². The highest BCUT2D eigenvalue weighted by molar-refractivity contribution is 7.32. The van der Waals surface area contributed by atoms with Crippen molar-refractivity contribution in [2.75, 3.05) is 0 Å². The average molecular weight is 953 g/mol. The molecule has 318 valence electrons. The number of benzene rings is 2. The van der Waals surface area contributed by atoms with Gasteiger partial charge in [0.05, 0.1) is 33.2 Å². The van der Waals surface area contributed by atoms with Crippen LogP contribution in [0.5, 0.6) is 0 Å². The fourth-order valence-corrected chi connectivity index (χ4v) is 23.8. The van der Waals surface area contributed by atoms with Crippen LogP contribution in [-0.2, 0) is 0 Å². The number of hydrogen-bond acceptors (Lipinski definition) is 12. The van der Waals surface area contributed by atoms with Crippen molar-refractivity contribution in [2.24, 2.45) is 11.8 Å². The molecule has 6 nitrogen and oxygen atoms in total. The molecule has 13 heteroatoms. The second kappa shape index (κ2) is 17.4. The molecular formula is C50H48N6S6Si. The summed E-state index contributed by atoms with van der Waals surface area (Å²) in [6.45, 7) is 9.58. The van der Waals surface area contributed by atoms with Crippen LogP contribution in [0.4, 0.5) is 0 Å². The van der Waals surface area contributed by atoms with Crippen molar-refractivity contribution in [3.05, 3.63) is 85.2 Å². The van der Waals surface area contributed by atoms with Gasteiger partial charge in [0.1, 0.15) is 41.5 Å². The van der Waals surface area contributed by atoms with Crippen molar-refractivity contribution in [3.63, 3.8) is 0 Å². The standard InChI is InChI=1S/C50H48N6S6Si/c1-5-9-15-29(7-3)27-63(28-30(8-4)16-10-6-2)41-23-37(33-25-51-45(47-43(33)53-61-55-47)39-21-31-17-11-13-19-35(31)57-39)59-49(41)50-42(63)24-38(60-50)34-26-52-46(48-44(34)54-62-56-48)40-22-32-18-12-14-20-36(32)58-40/h11-14,17-26,29-30H,5-10,15-16,27-28H2,1-4H3. The topological polar surface area (TPSA) is 77.3 Å². The van der Waals surface area contributed by atoms with Gasteiger partial charge in [-0.25, -0.2) is 0 Å². The normalized spacial score (nSPS) is 14.3. The minimum atomic E-state index is -2.32. The first-order valence-electron chi connectivity index (χ1n) is 22.5.